The van der Waals surface area contributed by atoms with Crippen LogP contribution < -0.4 is 4.90 Å². The van der Waals surface area contributed by atoms with Gasteiger partial charge in [0, 0.05) is 27.7 Å². The quantitative estimate of drug-likeness (QED) is 0.163. The molecule has 1 heterocycles. The lowest BCUT2D eigenvalue weighted by Gasteiger charge is -2.27. The molecular formula is C52H35NO. The van der Waals surface area contributed by atoms with Crippen molar-refractivity contribution >= 4 is 49.8 Å². The van der Waals surface area contributed by atoms with E-state index in [-0.39, 0.29) is 4.90 Å². The van der Waals surface area contributed by atoms with Crippen LogP contribution in [0.25, 0.3) is 77.2 Å². The molecule has 254 valence electrons. The van der Waals surface area contributed by atoms with Crippen LogP contribution in [0.15, 0.2) is 216 Å². The standard InChI is InChI=1S/C52H35NO/c1-5-15-36(16-6-1)38-25-29-42(30-26-38)53(43-31-27-39(28-32-43)37-17-7-2-8-18-37)49-34-33-44(40-19-9-3-10-20-40)52-50(49)48-35-47(41-21-11-4-12-22-41)45-23-13-14-24-46(45)51(48)54-52/h1-35H/i1D,2D,3D,4D,5D,6D,7D,8D,9D,10D,11D,12D,13D,14D,15D,16D,17D,18D,19D,20D,21D,22D,23D,24D,25D,26D,27D,28D,29D,30D,31D,32D,33D,34D,35D. The van der Waals surface area contributed by atoms with Gasteiger partial charge >= 0.3 is 0 Å². The number of hydrogen-bond acceptors (Lipinski definition) is 2. The van der Waals surface area contributed by atoms with Gasteiger partial charge < -0.3 is 9.32 Å². The maximum atomic E-state index is 10.2. The van der Waals surface area contributed by atoms with Gasteiger partial charge in [-0.3, -0.25) is 0 Å². The second-order valence-electron chi connectivity index (χ2n) is 11.0. The average molecular weight is 725 g/mol. The number of anilines is 3. The molecule has 9 aromatic carbocycles. The fourth-order valence-corrected chi connectivity index (χ4v) is 5.68. The maximum absolute atomic E-state index is 10.2. The summed E-state index contributed by atoms with van der Waals surface area (Å²) >= 11 is 0. The third-order valence-corrected chi connectivity index (χ3v) is 7.99. The van der Waals surface area contributed by atoms with Crippen LogP contribution in [0, 0.1) is 0 Å². The molecule has 0 saturated carbocycles. The highest BCUT2D eigenvalue weighted by Gasteiger charge is 2.24. The molecule has 10 rings (SSSR count). The Morgan fingerprint density at radius 3 is 1.28 bits per heavy atom. The fraction of sp³-hybridized carbons (Fsp3) is 0. The number of benzene rings is 9. The SMILES string of the molecule is [2H]c1c([2H])c([2H])c(-c2c([2H])c([2H])c(N(c3c([2H])c([2H])c(-c4c([2H])c([2H])c([2H])c([2H])c4[2H])c([2H])c3[2H])c3c([2H])c([2H])c(-c4c([2H])c([2H])c([2H])c([2H])c4[2H])c4oc5c6c([2H])c([2H])c([2H])c([2H])c6c(-c6c([2H])c([2H])c([2H])c([2H])c6[2H])c([2H])c5c34)c([2H])c2[2H])c([2H])c1[2H]. The molecule has 2 heteroatoms. The van der Waals surface area contributed by atoms with Crippen molar-refractivity contribution in [2.24, 2.45) is 0 Å². The molecule has 2 nitrogen and oxygen atoms in total. The minimum Gasteiger partial charge on any atom is -0.455 e. The molecule has 54 heavy (non-hydrogen) atoms. The molecular weight excluding hydrogens is 655 g/mol. The van der Waals surface area contributed by atoms with Crippen LogP contribution in [0.2, 0.25) is 0 Å². The van der Waals surface area contributed by atoms with E-state index in [1.54, 1.807) is 0 Å². The Labute approximate surface area is 364 Å². The van der Waals surface area contributed by atoms with Crippen LogP contribution >= 0.6 is 0 Å². The lowest BCUT2D eigenvalue weighted by Crippen LogP contribution is -2.10. The lowest BCUT2D eigenvalue weighted by molar-refractivity contribution is 0.674. The van der Waals surface area contributed by atoms with Crippen molar-refractivity contribution < 1.29 is 52.4 Å². The van der Waals surface area contributed by atoms with Crippen molar-refractivity contribution in [3.05, 3.63) is 211 Å². The molecule has 0 fully saturated rings. The van der Waals surface area contributed by atoms with E-state index in [0.717, 1.165) is 0 Å². The van der Waals surface area contributed by atoms with E-state index < -0.39 is 306 Å². The molecule has 0 spiro atoms. The van der Waals surface area contributed by atoms with Crippen molar-refractivity contribution in [2.75, 3.05) is 4.90 Å². The molecule has 0 N–H and O–H groups in total. The summed E-state index contributed by atoms with van der Waals surface area (Å²) in [5.41, 5.74) is -13.2. The second-order valence-corrected chi connectivity index (χ2v) is 11.0. The zero-order chi connectivity index (χ0) is 66.3. The highest BCUT2D eigenvalue weighted by Crippen LogP contribution is 2.49. The van der Waals surface area contributed by atoms with Gasteiger partial charge in [-0.25, -0.2) is 0 Å². The van der Waals surface area contributed by atoms with Crippen molar-refractivity contribution in [2.45, 2.75) is 0 Å². The first-order chi connectivity index (χ1) is 41.4. The van der Waals surface area contributed by atoms with E-state index >= 15 is 0 Å². The zero-order valence-corrected chi connectivity index (χ0v) is 26.9. The Kier molecular flexibility index (Phi) is 2.97. The van der Waals surface area contributed by atoms with Crippen LogP contribution in [0.4, 0.5) is 17.1 Å². The fourth-order valence-electron chi connectivity index (χ4n) is 5.68. The number of furan rings is 1. The first-order valence-corrected chi connectivity index (χ1v) is 15.6. The van der Waals surface area contributed by atoms with Gasteiger partial charge in [-0.2, -0.15) is 0 Å². The Morgan fingerprint density at radius 2 is 0.759 bits per heavy atom. The van der Waals surface area contributed by atoms with Crippen molar-refractivity contribution in [1.82, 2.24) is 0 Å². The molecule has 10 aromatic rings. The minimum atomic E-state index is -1.39. The van der Waals surface area contributed by atoms with E-state index in [1.165, 1.54) is 0 Å². The number of nitrogens with zero attached hydrogens (tertiary/aromatic N) is 1. The van der Waals surface area contributed by atoms with Crippen LogP contribution in [0.3, 0.4) is 0 Å². The third kappa shape index (κ3) is 5.53. The summed E-state index contributed by atoms with van der Waals surface area (Å²) in [6, 6.07) is -39.3. The molecule has 0 aliphatic heterocycles. The van der Waals surface area contributed by atoms with E-state index in [1.807, 2.05) is 0 Å². The minimum absolute atomic E-state index is 0.288. The van der Waals surface area contributed by atoms with Gasteiger partial charge in [0.2, 0.25) is 0 Å². The second kappa shape index (κ2) is 13.4. The first-order valence-electron chi connectivity index (χ1n) is 33.1. The summed E-state index contributed by atoms with van der Waals surface area (Å²) in [7, 11) is 0. The summed E-state index contributed by atoms with van der Waals surface area (Å²) in [6.45, 7) is 0. The molecule has 0 unspecified atom stereocenters. The van der Waals surface area contributed by atoms with Crippen LogP contribution in [-0.2, 0) is 0 Å². The Morgan fingerprint density at radius 1 is 0.333 bits per heavy atom. The first kappa shape index (κ1) is 11.9. The third-order valence-electron chi connectivity index (χ3n) is 7.99. The summed E-state index contributed by atoms with van der Waals surface area (Å²) in [6.07, 6.45) is 0. The van der Waals surface area contributed by atoms with Gasteiger partial charge in [-0.05, 0) is 86.6 Å². The Balaban J connectivity index is 1.57. The van der Waals surface area contributed by atoms with E-state index in [0.29, 0.717) is 0 Å². The maximum Gasteiger partial charge on any atom is 0.145 e. The number of rotatable bonds is 7. The van der Waals surface area contributed by atoms with E-state index in [4.69, 9.17) is 34.6 Å². The Hall–Kier alpha value is -7.16. The molecule has 0 radical (unpaired) electrons. The summed E-state index contributed by atoms with van der Waals surface area (Å²) in [5.74, 6) is 0. The van der Waals surface area contributed by atoms with Crippen molar-refractivity contribution in [3.63, 3.8) is 0 Å². The monoisotopic (exact) mass is 724 g/mol. The molecule has 1 aromatic heterocycles. The average Bonchev–Trinajstić information content (AvgIpc) is 1.64. The molecule has 0 aliphatic rings. The molecule has 0 saturated heterocycles. The largest absolute Gasteiger partial charge is 0.455 e. The topological polar surface area (TPSA) is 16.4 Å². The van der Waals surface area contributed by atoms with Gasteiger partial charge in [0.25, 0.3) is 0 Å². The van der Waals surface area contributed by atoms with Crippen LogP contribution in [0.1, 0.15) is 48.0 Å². The van der Waals surface area contributed by atoms with Gasteiger partial charge in [0.15, 0.2) is 0 Å². The molecule has 0 bridgehead atoms. The van der Waals surface area contributed by atoms with Gasteiger partial charge in [0.05, 0.1) is 59.1 Å². The lowest BCUT2D eigenvalue weighted by atomic mass is 9.94. The van der Waals surface area contributed by atoms with Crippen molar-refractivity contribution in [3.8, 4) is 44.5 Å². The molecule has 0 amide bonds. The van der Waals surface area contributed by atoms with Gasteiger partial charge in [-0.1, -0.05) is 169 Å². The highest BCUT2D eigenvalue weighted by molar-refractivity contribution is 6.24. The summed E-state index contributed by atoms with van der Waals surface area (Å²) in [5, 5.41) is -3.49. The van der Waals surface area contributed by atoms with E-state index in [9.17, 15) is 17.8 Å². The van der Waals surface area contributed by atoms with Crippen LogP contribution in [0.5, 0.6) is 0 Å². The smallest absolute Gasteiger partial charge is 0.145 e. The number of hydrogen-bond donors (Lipinski definition) is 0. The summed E-state index contributed by atoms with van der Waals surface area (Å²) < 4.78 is 323. The predicted octanol–water partition coefficient (Wildman–Crippen LogP) is 14.9. The molecule has 0 aliphatic carbocycles. The summed E-state index contributed by atoms with van der Waals surface area (Å²) in [4.78, 5) is 0.288. The Bertz CT molecular complexity index is 4660. The predicted molar refractivity (Wildman–Crippen MR) is 228 cm³/mol. The number of fused-ring (bicyclic) bond motifs is 5. The zero-order valence-electron chi connectivity index (χ0n) is 61.9. The van der Waals surface area contributed by atoms with E-state index in [2.05, 4.69) is 0 Å². The normalized spacial score (nSPS) is 20.4. The van der Waals surface area contributed by atoms with Gasteiger partial charge in [-0.15, -0.1) is 0 Å². The van der Waals surface area contributed by atoms with Gasteiger partial charge in [0.1, 0.15) is 11.2 Å². The highest BCUT2D eigenvalue weighted by atomic mass is 16.3. The van der Waals surface area contributed by atoms with Crippen molar-refractivity contribution in [1.29, 1.82) is 0 Å². The molecule has 0 atom stereocenters. The van der Waals surface area contributed by atoms with Crippen LogP contribution in [-0.4, -0.2) is 0 Å².